The molecule has 0 spiro atoms. The van der Waals surface area contributed by atoms with Crippen LogP contribution in [0.25, 0.3) is 0 Å². The summed E-state index contributed by atoms with van der Waals surface area (Å²) in [6, 6.07) is 8.72. The van der Waals surface area contributed by atoms with Gasteiger partial charge in [0.05, 0.1) is 6.61 Å². The summed E-state index contributed by atoms with van der Waals surface area (Å²) in [5.41, 5.74) is 1.45. The minimum absolute atomic E-state index is 0. The number of hydrogen-bond donors (Lipinski definition) is 1. The van der Waals surface area contributed by atoms with Gasteiger partial charge in [0, 0.05) is 56.9 Å². The number of aliphatic imine (C=N–C) groups is 1. The van der Waals surface area contributed by atoms with Crippen LogP contribution in [0.3, 0.4) is 0 Å². The Bertz CT molecular complexity index is 617. The van der Waals surface area contributed by atoms with E-state index in [2.05, 4.69) is 62.5 Å². The highest BCUT2D eigenvalue weighted by molar-refractivity contribution is 14.0. The summed E-state index contributed by atoms with van der Waals surface area (Å²) < 4.78 is 12.5. The normalized spacial score (nSPS) is 19.0. The summed E-state index contributed by atoms with van der Waals surface area (Å²) >= 11 is 3.54. The molecule has 2 fully saturated rings. The zero-order chi connectivity index (χ0) is 19.1. The molecule has 0 aromatic heterocycles. The first-order valence-electron chi connectivity index (χ1n) is 9.96. The van der Waals surface area contributed by atoms with Crippen molar-refractivity contribution in [2.24, 2.45) is 10.9 Å². The maximum Gasteiger partial charge on any atom is 0.193 e. The number of rotatable bonds is 8. The fourth-order valence-electron chi connectivity index (χ4n) is 3.61. The summed E-state index contributed by atoms with van der Waals surface area (Å²) in [4.78, 5) is 6.63. The van der Waals surface area contributed by atoms with Crippen LogP contribution in [0.5, 0.6) is 0 Å². The summed E-state index contributed by atoms with van der Waals surface area (Å²) in [5, 5.41) is 3.61. The molecular weight excluding hydrogens is 533 g/mol. The summed E-state index contributed by atoms with van der Waals surface area (Å²) in [6.45, 7) is 4.98. The van der Waals surface area contributed by atoms with Gasteiger partial charge in [0.15, 0.2) is 5.96 Å². The van der Waals surface area contributed by atoms with Crippen molar-refractivity contribution in [1.82, 2.24) is 10.2 Å². The number of likely N-dealkylation sites (N-methyl/N-ethyl adjacent to an activating group) is 1. The number of nitrogens with zero attached hydrogens (tertiary/aromatic N) is 2. The Labute approximate surface area is 194 Å². The van der Waals surface area contributed by atoms with E-state index in [1.807, 2.05) is 7.05 Å². The van der Waals surface area contributed by atoms with E-state index >= 15 is 0 Å². The molecule has 0 bridgehead atoms. The molecule has 1 saturated carbocycles. The van der Waals surface area contributed by atoms with Gasteiger partial charge in [-0.3, -0.25) is 4.99 Å². The van der Waals surface area contributed by atoms with E-state index in [1.165, 1.54) is 18.4 Å². The third-order valence-corrected chi connectivity index (χ3v) is 6.21. The molecule has 5 nitrogen and oxygen atoms in total. The lowest BCUT2D eigenvalue weighted by atomic mass is 9.74. The monoisotopic (exact) mass is 565 g/mol. The van der Waals surface area contributed by atoms with Gasteiger partial charge in [-0.05, 0) is 49.3 Å². The Morgan fingerprint density at radius 3 is 2.57 bits per heavy atom. The number of nitrogens with one attached hydrogen (secondary N) is 1. The molecule has 1 saturated heterocycles. The van der Waals surface area contributed by atoms with Gasteiger partial charge in [0.1, 0.15) is 0 Å². The van der Waals surface area contributed by atoms with Gasteiger partial charge in [0.25, 0.3) is 0 Å². The second kappa shape index (κ2) is 11.7. The van der Waals surface area contributed by atoms with Gasteiger partial charge in [-0.2, -0.15) is 0 Å². The summed E-state index contributed by atoms with van der Waals surface area (Å²) in [5.74, 6) is 1.74. The van der Waals surface area contributed by atoms with Crippen molar-refractivity contribution in [3.05, 3.63) is 34.3 Å². The van der Waals surface area contributed by atoms with Crippen LogP contribution in [0.2, 0.25) is 0 Å². The van der Waals surface area contributed by atoms with Crippen LogP contribution >= 0.6 is 39.9 Å². The van der Waals surface area contributed by atoms with Crippen molar-refractivity contribution in [3.8, 4) is 0 Å². The average Bonchev–Trinajstić information content (AvgIpc) is 3.51. The second-order valence-corrected chi connectivity index (χ2v) is 8.66. The molecule has 158 valence electrons. The molecule has 0 radical (unpaired) electrons. The first-order chi connectivity index (χ1) is 13.1. The molecule has 0 atom stereocenters. The fourth-order valence-corrected chi connectivity index (χ4v) is 3.87. The predicted octanol–water partition coefficient (Wildman–Crippen LogP) is 4.05. The average molecular weight is 566 g/mol. The van der Waals surface area contributed by atoms with Gasteiger partial charge < -0.3 is 19.7 Å². The van der Waals surface area contributed by atoms with E-state index in [0.29, 0.717) is 0 Å². The lowest BCUT2D eigenvalue weighted by Crippen LogP contribution is -2.49. The van der Waals surface area contributed by atoms with Crippen LogP contribution in [0.15, 0.2) is 33.7 Å². The highest BCUT2D eigenvalue weighted by Gasteiger charge is 2.34. The van der Waals surface area contributed by atoms with Gasteiger partial charge in [-0.1, -0.05) is 28.1 Å². The zero-order valence-electron chi connectivity index (χ0n) is 17.0. The Balaban J connectivity index is 0.00000280. The van der Waals surface area contributed by atoms with Crippen LogP contribution in [-0.2, 0) is 14.9 Å². The van der Waals surface area contributed by atoms with E-state index in [0.717, 1.165) is 68.7 Å². The molecule has 1 heterocycles. The zero-order valence-corrected chi connectivity index (χ0v) is 20.9. The van der Waals surface area contributed by atoms with Gasteiger partial charge in [-0.25, -0.2) is 0 Å². The minimum atomic E-state index is 0. The first-order valence-corrected chi connectivity index (χ1v) is 10.8. The molecule has 0 amide bonds. The molecule has 1 N–H and O–H groups in total. The molecule has 1 aromatic carbocycles. The molecular formula is C21H33BrIN3O2. The van der Waals surface area contributed by atoms with Crippen molar-refractivity contribution in [2.75, 3.05) is 53.6 Å². The van der Waals surface area contributed by atoms with E-state index in [1.54, 1.807) is 0 Å². The Hall–Kier alpha value is -0.380. The highest BCUT2D eigenvalue weighted by Crippen LogP contribution is 2.35. The number of hydrogen-bond acceptors (Lipinski definition) is 3. The minimum Gasteiger partial charge on any atom is -0.381 e. The van der Waals surface area contributed by atoms with Gasteiger partial charge in [-0.15, -0.1) is 24.0 Å². The molecule has 3 rings (SSSR count). The molecule has 7 heteroatoms. The SMILES string of the molecule is CN=C(NCC1(c2ccc(Br)cc2)CCOCC1)N(C)CCOCC1CC1.I. The van der Waals surface area contributed by atoms with E-state index in [-0.39, 0.29) is 29.4 Å². The second-order valence-electron chi connectivity index (χ2n) is 7.74. The standard InChI is InChI=1S/C21H32BrN3O2.HI/c1-23-20(25(2)11-14-27-15-17-3-4-17)24-16-21(9-12-26-13-10-21)18-5-7-19(22)8-6-18;/h5-8,17H,3-4,9-16H2,1-2H3,(H,23,24);1H. The Kier molecular flexibility index (Phi) is 10.00. The lowest BCUT2D eigenvalue weighted by Gasteiger charge is -2.39. The van der Waals surface area contributed by atoms with Crippen molar-refractivity contribution in [1.29, 1.82) is 0 Å². The van der Waals surface area contributed by atoms with Crippen molar-refractivity contribution >= 4 is 45.9 Å². The molecule has 1 aromatic rings. The van der Waals surface area contributed by atoms with Crippen molar-refractivity contribution in [3.63, 3.8) is 0 Å². The fraction of sp³-hybridized carbons (Fsp3) is 0.667. The maximum atomic E-state index is 5.77. The van der Waals surface area contributed by atoms with E-state index in [4.69, 9.17) is 9.47 Å². The number of benzene rings is 1. The summed E-state index contributed by atoms with van der Waals surface area (Å²) in [6.07, 6.45) is 4.71. The molecule has 2 aliphatic rings. The van der Waals surface area contributed by atoms with Crippen LogP contribution in [-0.4, -0.2) is 64.5 Å². The molecule has 28 heavy (non-hydrogen) atoms. The lowest BCUT2D eigenvalue weighted by molar-refractivity contribution is 0.0511. The molecule has 0 unspecified atom stereocenters. The number of ether oxygens (including phenoxy) is 2. The van der Waals surface area contributed by atoms with Crippen LogP contribution in [0.1, 0.15) is 31.2 Å². The van der Waals surface area contributed by atoms with Gasteiger partial charge >= 0.3 is 0 Å². The molecule has 1 aliphatic carbocycles. The Morgan fingerprint density at radius 2 is 1.96 bits per heavy atom. The first kappa shape index (κ1) is 23.9. The third kappa shape index (κ3) is 6.85. The topological polar surface area (TPSA) is 46.1 Å². The van der Waals surface area contributed by atoms with E-state index in [9.17, 15) is 0 Å². The van der Waals surface area contributed by atoms with Crippen LogP contribution in [0, 0.1) is 5.92 Å². The molecule has 1 aliphatic heterocycles. The van der Waals surface area contributed by atoms with Crippen LogP contribution < -0.4 is 5.32 Å². The predicted molar refractivity (Wildman–Crippen MR) is 129 cm³/mol. The highest BCUT2D eigenvalue weighted by atomic mass is 127. The largest absolute Gasteiger partial charge is 0.381 e. The quantitative estimate of drug-likeness (QED) is 0.224. The van der Waals surface area contributed by atoms with E-state index < -0.39 is 0 Å². The third-order valence-electron chi connectivity index (χ3n) is 5.69. The smallest absolute Gasteiger partial charge is 0.193 e. The summed E-state index contributed by atoms with van der Waals surface area (Å²) in [7, 11) is 3.92. The van der Waals surface area contributed by atoms with Crippen LogP contribution in [0.4, 0.5) is 0 Å². The number of guanidine groups is 1. The maximum absolute atomic E-state index is 5.77. The van der Waals surface area contributed by atoms with Crippen molar-refractivity contribution < 1.29 is 9.47 Å². The van der Waals surface area contributed by atoms with Crippen molar-refractivity contribution in [2.45, 2.75) is 31.1 Å². The Morgan fingerprint density at radius 1 is 1.29 bits per heavy atom. The number of halogens is 2. The van der Waals surface area contributed by atoms with Gasteiger partial charge in [0.2, 0.25) is 0 Å².